The van der Waals surface area contributed by atoms with Gasteiger partial charge in [0.2, 0.25) is 0 Å². The summed E-state index contributed by atoms with van der Waals surface area (Å²) >= 11 is 0. The Balaban J connectivity index is 2.54. The lowest BCUT2D eigenvalue weighted by atomic mass is 9.89. The van der Waals surface area contributed by atoms with Gasteiger partial charge in [-0.1, -0.05) is 50.5 Å². The van der Waals surface area contributed by atoms with Crippen LogP contribution in [0.15, 0.2) is 24.3 Å². The van der Waals surface area contributed by atoms with Crippen molar-refractivity contribution in [3.8, 4) is 0 Å². The van der Waals surface area contributed by atoms with Crippen LogP contribution < -0.4 is 0 Å². The van der Waals surface area contributed by atoms with Gasteiger partial charge in [-0.3, -0.25) is 4.79 Å². The third-order valence-corrected chi connectivity index (χ3v) is 4.44. The number of hydrogen-bond acceptors (Lipinski definition) is 4. The van der Waals surface area contributed by atoms with Gasteiger partial charge < -0.3 is 20.4 Å². The molecule has 0 aromatic heterocycles. The minimum atomic E-state index is -0.889. The number of aliphatic carboxylic acids is 1. The van der Waals surface area contributed by atoms with E-state index in [2.05, 4.69) is 6.92 Å². The number of hydrogen-bond donors (Lipinski definition) is 4. The Morgan fingerprint density at radius 1 is 1.22 bits per heavy atom. The molecule has 0 bridgehead atoms. The maximum absolute atomic E-state index is 10.5. The third kappa shape index (κ3) is 7.29. The van der Waals surface area contributed by atoms with Crippen molar-refractivity contribution < 1.29 is 25.2 Å². The fraction of sp³-hybridized carbons (Fsp3) is 0.722. The number of allylic oxidation sites excluding steroid dienone is 1. The van der Waals surface area contributed by atoms with E-state index in [1.54, 1.807) is 18.2 Å². The molecule has 1 aliphatic rings. The van der Waals surface area contributed by atoms with Gasteiger partial charge in [-0.15, -0.1) is 0 Å². The van der Waals surface area contributed by atoms with Crippen molar-refractivity contribution in [1.82, 2.24) is 0 Å². The normalized spacial score (nSPS) is 29.6. The molecule has 0 spiro atoms. The third-order valence-electron chi connectivity index (χ3n) is 4.44. The average molecular weight is 326 g/mol. The zero-order valence-corrected chi connectivity index (χ0v) is 13.8. The second-order valence-electron chi connectivity index (χ2n) is 6.36. The monoisotopic (exact) mass is 326 g/mol. The number of carbonyl (C=O) groups is 1. The first-order valence-electron chi connectivity index (χ1n) is 8.55. The second-order valence-corrected chi connectivity index (χ2v) is 6.36. The Bertz CT molecular complexity index is 404. The highest BCUT2D eigenvalue weighted by Gasteiger charge is 2.39. The first kappa shape index (κ1) is 19.9. The number of rotatable bonds is 10. The minimum absolute atomic E-state index is 0.0397. The Kier molecular flexibility index (Phi) is 9.14. The van der Waals surface area contributed by atoms with Gasteiger partial charge in [0, 0.05) is 12.3 Å². The van der Waals surface area contributed by atoms with E-state index in [9.17, 15) is 20.1 Å². The van der Waals surface area contributed by atoms with E-state index in [4.69, 9.17) is 5.11 Å². The number of carboxylic acid groups (broad SMARTS) is 1. The first-order chi connectivity index (χ1) is 11.0. The van der Waals surface area contributed by atoms with Crippen molar-refractivity contribution in [2.75, 3.05) is 0 Å². The van der Waals surface area contributed by atoms with Gasteiger partial charge in [0.05, 0.1) is 24.7 Å². The number of aliphatic hydroxyl groups excluding tert-OH is 3. The predicted octanol–water partition coefficient (Wildman–Crippen LogP) is 2.26. The predicted molar refractivity (Wildman–Crippen MR) is 88.9 cm³/mol. The van der Waals surface area contributed by atoms with Crippen LogP contribution in [0.4, 0.5) is 0 Å². The van der Waals surface area contributed by atoms with Crippen LogP contribution in [0.25, 0.3) is 0 Å². The fourth-order valence-electron chi connectivity index (χ4n) is 3.10. The van der Waals surface area contributed by atoms with Crippen LogP contribution in [0.2, 0.25) is 0 Å². The van der Waals surface area contributed by atoms with Crippen LogP contribution >= 0.6 is 0 Å². The van der Waals surface area contributed by atoms with E-state index in [-0.39, 0.29) is 18.3 Å². The van der Waals surface area contributed by atoms with Crippen LogP contribution in [-0.4, -0.2) is 44.7 Å². The van der Waals surface area contributed by atoms with Gasteiger partial charge in [0.25, 0.3) is 0 Å². The van der Waals surface area contributed by atoms with Crippen LogP contribution in [-0.2, 0) is 4.79 Å². The van der Waals surface area contributed by atoms with E-state index in [0.29, 0.717) is 19.3 Å². The Morgan fingerprint density at radius 3 is 2.61 bits per heavy atom. The van der Waals surface area contributed by atoms with Gasteiger partial charge in [0.15, 0.2) is 0 Å². The minimum Gasteiger partial charge on any atom is -0.481 e. The highest BCUT2D eigenvalue weighted by Crippen LogP contribution is 2.36. The molecular weight excluding hydrogens is 296 g/mol. The van der Waals surface area contributed by atoms with Crippen molar-refractivity contribution in [1.29, 1.82) is 0 Å². The molecule has 0 heterocycles. The summed E-state index contributed by atoms with van der Waals surface area (Å²) in [6.45, 7) is 2.11. The van der Waals surface area contributed by atoms with Crippen molar-refractivity contribution >= 4 is 5.97 Å². The molecule has 0 saturated heterocycles. The molecule has 0 aliphatic heterocycles. The van der Waals surface area contributed by atoms with Crippen molar-refractivity contribution in [3.05, 3.63) is 24.3 Å². The Morgan fingerprint density at radius 2 is 1.96 bits per heavy atom. The molecule has 1 aliphatic carbocycles. The van der Waals surface area contributed by atoms with E-state index in [0.717, 1.165) is 19.3 Å². The second kappa shape index (κ2) is 10.6. The molecule has 0 unspecified atom stereocenters. The van der Waals surface area contributed by atoms with E-state index in [1.165, 1.54) is 0 Å². The number of aliphatic hydroxyl groups is 3. The van der Waals surface area contributed by atoms with Crippen LogP contribution in [0.1, 0.15) is 51.9 Å². The summed E-state index contributed by atoms with van der Waals surface area (Å²) in [5.41, 5.74) is 0. The van der Waals surface area contributed by atoms with Gasteiger partial charge in [-0.05, 0) is 18.8 Å². The highest BCUT2D eigenvalue weighted by molar-refractivity contribution is 5.68. The lowest BCUT2D eigenvalue weighted by Gasteiger charge is -2.19. The lowest BCUT2D eigenvalue weighted by molar-refractivity contribution is -0.136. The van der Waals surface area contributed by atoms with Crippen LogP contribution in [0.5, 0.6) is 0 Å². The summed E-state index contributed by atoms with van der Waals surface area (Å²) in [7, 11) is 0. The topological polar surface area (TPSA) is 98.0 Å². The highest BCUT2D eigenvalue weighted by atomic mass is 16.4. The molecule has 5 heteroatoms. The van der Waals surface area contributed by atoms with E-state index >= 15 is 0 Å². The zero-order valence-electron chi connectivity index (χ0n) is 13.8. The molecule has 1 saturated carbocycles. The van der Waals surface area contributed by atoms with Crippen molar-refractivity contribution in [2.24, 2.45) is 11.8 Å². The van der Waals surface area contributed by atoms with Crippen LogP contribution in [0.3, 0.4) is 0 Å². The van der Waals surface area contributed by atoms with Gasteiger partial charge in [-0.25, -0.2) is 0 Å². The molecule has 0 aromatic carbocycles. The van der Waals surface area contributed by atoms with Gasteiger partial charge in [-0.2, -0.15) is 0 Å². The van der Waals surface area contributed by atoms with E-state index in [1.807, 2.05) is 6.08 Å². The zero-order chi connectivity index (χ0) is 17.2. The number of carboxylic acids is 1. The molecule has 132 valence electrons. The molecule has 0 radical (unpaired) electrons. The maximum Gasteiger partial charge on any atom is 0.307 e. The molecule has 1 rings (SSSR count). The SMILES string of the molecule is CCCCC[C@H](O)/C=C/[C@@H]1[C@@H](C/C=C\CC(=O)O)[C@@H](O)C[C@@H]1O. The maximum atomic E-state index is 10.5. The standard InChI is InChI=1S/C18H30O5/c1-2-3-4-7-13(19)10-11-15-14(16(20)12-17(15)21)8-5-6-9-18(22)23/h5-6,10-11,13-17,19-21H,2-4,7-9,12H2,1H3,(H,22,23)/b6-5-,11-10+/t13-,14+,15+,16-,17-/m0/s1. The smallest absolute Gasteiger partial charge is 0.307 e. The van der Waals surface area contributed by atoms with Gasteiger partial charge >= 0.3 is 5.97 Å². The summed E-state index contributed by atoms with van der Waals surface area (Å²) in [5, 5.41) is 38.7. The average Bonchev–Trinajstić information content (AvgIpc) is 2.75. The Labute approximate surface area is 138 Å². The summed E-state index contributed by atoms with van der Waals surface area (Å²) in [5.74, 6) is -1.24. The summed E-state index contributed by atoms with van der Waals surface area (Å²) in [6, 6.07) is 0. The fourth-order valence-corrected chi connectivity index (χ4v) is 3.10. The molecule has 1 fully saturated rings. The Hall–Kier alpha value is -1.17. The van der Waals surface area contributed by atoms with Crippen molar-refractivity contribution in [3.63, 3.8) is 0 Å². The summed E-state index contributed by atoms with van der Waals surface area (Å²) in [4.78, 5) is 10.5. The van der Waals surface area contributed by atoms with Crippen molar-refractivity contribution in [2.45, 2.75) is 70.2 Å². The van der Waals surface area contributed by atoms with Gasteiger partial charge in [0.1, 0.15) is 0 Å². The molecule has 5 atom stereocenters. The largest absolute Gasteiger partial charge is 0.481 e. The van der Waals surface area contributed by atoms with E-state index < -0.39 is 24.3 Å². The molecule has 4 N–H and O–H groups in total. The molecule has 0 aromatic rings. The molecular formula is C18H30O5. The number of unbranched alkanes of at least 4 members (excludes halogenated alkanes) is 2. The molecule has 5 nitrogen and oxygen atoms in total. The first-order valence-corrected chi connectivity index (χ1v) is 8.55. The van der Waals surface area contributed by atoms with Crippen LogP contribution in [0, 0.1) is 11.8 Å². The lowest BCUT2D eigenvalue weighted by Crippen LogP contribution is -2.20. The quantitative estimate of drug-likeness (QED) is 0.365. The molecule has 0 amide bonds. The summed E-state index contributed by atoms with van der Waals surface area (Å²) < 4.78 is 0. The molecule has 23 heavy (non-hydrogen) atoms. The summed E-state index contributed by atoms with van der Waals surface area (Å²) in [6.07, 6.45) is 9.77.